The van der Waals surface area contributed by atoms with Crippen LogP contribution in [-0.4, -0.2) is 27.4 Å². The van der Waals surface area contributed by atoms with Gasteiger partial charge in [-0.2, -0.15) is 0 Å². The van der Waals surface area contributed by atoms with Gasteiger partial charge in [0.25, 0.3) is 5.91 Å². The molecule has 0 aliphatic rings. The lowest BCUT2D eigenvalue weighted by molar-refractivity contribution is 0.0949. The molecule has 0 atom stereocenters. The summed E-state index contributed by atoms with van der Waals surface area (Å²) in [5.74, 6) is -0.258. The van der Waals surface area contributed by atoms with E-state index in [2.05, 4.69) is 25.6 Å². The van der Waals surface area contributed by atoms with E-state index in [1.54, 1.807) is 24.4 Å². The first-order valence-electron chi connectivity index (χ1n) is 8.21. The third-order valence-electron chi connectivity index (χ3n) is 3.68. The normalized spacial score (nSPS) is 10.3. The lowest BCUT2D eigenvalue weighted by Crippen LogP contribution is -2.27. The summed E-state index contributed by atoms with van der Waals surface area (Å²) < 4.78 is 13.6. The monoisotopic (exact) mass is 351 g/mol. The number of aromatic nitrogens is 3. The Balaban J connectivity index is 1.53. The summed E-state index contributed by atoms with van der Waals surface area (Å²) in [5, 5.41) is 5.77. The maximum absolute atomic E-state index is 13.6. The van der Waals surface area contributed by atoms with Gasteiger partial charge in [-0.25, -0.2) is 14.4 Å². The predicted molar refractivity (Wildman–Crippen MR) is 96.0 cm³/mol. The first kappa shape index (κ1) is 17.5. The number of hydrogen-bond donors (Lipinski definition) is 2. The third-order valence-corrected chi connectivity index (χ3v) is 3.68. The number of anilines is 1. The van der Waals surface area contributed by atoms with Gasteiger partial charge in [0.1, 0.15) is 11.5 Å². The van der Waals surface area contributed by atoms with Gasteiger partial charge in [0.2, 0.25) is 5.95 Å². The quantitative estimate of drug-likeness (QED) is 0.684. The van der Waals surface area contributed by atoms with E-state index in [0.29, 0.717) is 31.0 Å². The molecule has 6 nitrogen and oxygen atoms in total. The fraction of sp³-hybridized carbons (Fsp3) is 0.158. The number of carbonyl (C=O) groups excluding carboxylic acids is 1. The molecule has 0 aliphatic heterocycles. The summed E-state index contributed by atoms with van der Waals surface area (Å²) in [6.07, 6.45) is 3.63. The van der Waals surface area contributed by atoms with Gasteiger partial charge in [-0.3, -0.25) is 9.78 Å². The highest BCUT2D eigenvalue weighted by molar-refractivity contribution is 5.92. The average Bonchev–Trinajstić information content (AvgIpc) is 2.69. The van der Waals surface area contributed by atoms with Gasteiger partial charge in [-0.05, 0) is 36.2 Å². The van der Waals surface area contributed by atoms with Crippen molar-refractivity contribution in [1.29, 1.82) is 0 Å². The highest BCUT2D eigenvalue weighted by Crippen LogP contribution is 2.07. The fourth-order valence-electron chi connectivity index (χ4n) is 2.35. The van der Waals surface area contributed by atoms with Crippen LogP contribution in [0.15, 0.2) is 60.9 Å². The molecule has 3 rings (SSSR count). The molecule has 0 bridgehead atoms. The van der Waals surface area contributed by atoms with E-state index in [-0.39, 0.29) is 17.4 Å². The Labute approximate surface area is 150 Å². The Morgan fingerprint density at radius 3 is 2.65 bits per heavy atom. The van der Waals surface area contributed by atoms with Gasteiger partial charge >= 0.3 is 0 Å². The van der Waals surface area contributed by atoms with Gasteiger partial charge < -0.3 is 10.6 Å². The minimum Gasteiger partial charge on any atom is -0.350 e. The molecule has 0 radical (unpaired) electrons. The number of rotatable bonds is 7. The van der Waals surface area contributed by atoms with Crippen molar-refractivity contribution in [3.8, 4) is 0 Å². The molecule has 0 unspecified atom stereocenters. The molecular formula is C19H18FN5O. The van der Waals surface area contributed by atoms with Crippen molar-refractivity contribution < 1.29 is 9.18 Å². The first-order valence-corrected chi connectivity index (χ1v) is 8.21. The van der Waals surface area contributed by atoms with Crippen LogP contribution in [0.1, 0.15) is 21.7 Å². The van der Waals surface area contributed by atoms with Gasteiger partial charge in [0.15, 0.2) is 0 Å². The molecule has 132 valence electrons. The number of halogens is 1. The molecule has 0 fully saturated rings. The molecule has 2 aromatic heterocycles. The Morgan fingerprint density at radius 1 is 1.00 bits per heavy atom. The molecule has 2 N–H and O–H groups in total. The molecule has 7 heteroatoms. The number of hydrogen-bond acceptors (Lipinski definition) is 5. The first-order chi connectivity index (χ1) is 12.7. The standard InChI is InChI=1S/C19H18FN5O/c20-16-7-2-1-5-14(16)8-11-22-18(26)17-9-12-23-19(25-17)24-13-15-6-3-4-10-21-15/h1-7,9-10,12H,8,11,13H2,(H,22,26)(H,23,24,25). The van der Waals surface area contributed by atoms with Crippen LogP contribution in [0, 0.1) is 5.82 Å². The van der Waals surface area contributed by atoms with E-state index >= 15 is 0 Å². The Morgan fingerprint density at radius 2 is 1.85 bits per heavy atom. The van der Waals surface area contributed by atoms with E-state index in [1.807, 2.05) is 18.2 Å². The zero-order chi connectivity index (χ0) is 18.2. The fourth-order valence-corrected chi connectivity index (χ4v) is 2.35. The molecule has 1 amide bonds. The number of carbonyl (C=O) groups is 1. The molecule has 26 heavy (non-hydrogen) atoms. The van der Waals surface area contributed by atoms with Crippen molar-refractivity contribution in [2.75, 3.05) is 11.9 Å². The van der Waals surface area contributed by atoms with Crippen molar-refractivity contribution in [3.05, 3.63) is 83.7 Å². The van der Waals surface area contributed by atoms with Crippen LogP contribution in [0.5, 0.6) is 0 Å². The van der Waals surface area contributed by atoms with E-state index < -0.39 is 0 Å². The van der Waals surface area contributed by atoms with Gasteiger partial charge in [0, 0.05) is 18.9 Å². The maximum atomic E-state index is 13.6. The molecule has 3 aromatic rings. The van der Waals surface area contributed by atoms with Crippen molar-refractivity contribution in [2.45, 2.75) is 13.0 Å². The van der Waals surface area contributed by atoms with Crippen molar-refractivity contribution in [2.24, 2.45) is 0 Å². The van der Waals surface area contributed by atoms with Crippen LogP contribution in [0.4, 0.5) is 10.3 Å². The Kier molecular flexibility index (Phi) is 5.82. The summed E-state index contributed by atoms with van der Waals surface area (Å²) in [6.45, 7) is 0.777. The van der Waals surface area contributed by atoms with Gasteiger partial charge in [-0.1, -0.05) is 24.3 Å². The maximum Gasteiger partial charge on any atom is 0.270 e. The number of benzene rings is 1. The number of nitrogens with one attached hydrogen (secondary N) is 2. The molecule has 0 saturated carbocycles. The van der Waals surface area contributed by atoms with E-state index in [4.69, 9.17) is 0 Å². The second kappa shape index (κ2) is 8.66. The van der Waals surface area contributed by atoms with E-state index in [9.17, 15) is 9.18 Å². The van der Waals surface area contributed by atoms with Crippen LogP contribution in [0.25, 0.3) is 0 Å². The van der Waals surface area contributed by atoms with Crippen LogP contribution in [0.3, 0.4) is 0 Å². The topological polar surface area (TPSA) is 79.8 Å². The zero-order valence-electron chi connectivity index (χ0n) is 14.0. The molecule has 0 aliphatic carbocycles. The SMILES string of the molecule is O=C(NCCc1ccccc1F)c1ccnc(NCc2ccccn2)n1. The van der Waals surface area contributed by atoms with Crippen LogP contribution < -0.4 is 10.6 Å². The van der Waals surface area contributed by atoms with E-state index in [1.165, 1.54) is 18.3 Å². The summed E-state index contributed by atoms with van der Waals surface area (Å²) >= 11 is 0. The second-order valence-electron chi connectivity index (χ2n) is 5.54. The smallest absolute Gasteiger partial charge is 0.270 e. The summed E-state index contributed by atoms with van der Waals surface area (Å²) in [6, 6.07) is 13.7. The minimum atomic E-state index is -0.329. The van der Waals surface area contributed by atoms with Crippen LogP contribution >= 0.6 is 0 Å². The zero-order valence-corrected chi connectivity index (χ0v) is 14.0. The predicted octanol–water partition coefficient (Wildman–Crippen LogP) is 2.60. The Hall–Kier alpha value is -3.35. The second-order valence-corrected chi connectivity index (χ2v) is 5.54. The highest BCUT2D eigenvalue weighted by Gasteiger charge is 2.09. The summed E-state index contributed by atoms with van der Waals surface area (Å²) in [7, 11) is 0. The largest absolute Gasteiger partial charge is 0.350 e. The van der Waals surface area contributed by atoms with Crippen LogP contribution in [0.2, 0.25) is 0 Å². The lowest BCUT2D eigenvalue weighted by Gasteiger charge is -2.08. The molecule has 0 spiro atoms. The highest BCUT2D eigenvalue weighted by atomic mass is 19.1. The number of pyridine rings is 1. The molecule has 2 heterocycles. The number of amides is 1. The van der Waals surface area contributed by atoms with Crippen molar-refractivity contribution >= 4 is 11.9 Å². The van der Waals surface area contributed by atoms with E-state index in [0.717, 1.165) is 5.69 Å². The lowest BCUT2D eigenvalue weighted by atomic mass is 10.1. The summed E-state index contributed by atoms with van der Waals surface area (Å²) in [4.78, 5) is 24.7. The van der Waals surface area contributed by atoms with Crippen molar-refractivity contribution in [1.82, 2.24) is 20.3 Å². The number of nitrogens with zero attached hydrogens (tertiary/aromatic N) is 3. The third kappa shape index (κ3) is 4.83. The summed E-state index contributed by atoms with van der Waals surface area (Å²) in [5.41, 5.74) is 1.65. The molecule has 1 aromatic carbocycles. The van der Waals surface area contributed by atoms with Gasteiger partial charge in [-0.15, -0.1) is 0 Å². The average molecular weight is 351 g/mol. The minimum absolute atomic E-state index is 0.247. The molecular weight excluding hydrogens is 333 g/mol. The Bertz CT molecular complexity index is 873. The van der Waals surface area contributed by atoms with Crippen molar-refractivity contribution in [3.63, 3.8) is 0 Å². The molecule has 0 saturated heterocycles. The van der Waals surface area contributed by atoms with Crippen LogP contribution in [-0.2, 0) is 13.0 Å². The van der Waals surface area contributed by atoms with Gasteiger partial charge in [0.05, 0.1) is 12.2 Å².